The fourth-order valence-electron chi connectivity index (χ4n) is 2.26. The molecule has 2 aromatic heterocycles. The standard InChI is InChI=1S/C17H22ClN3O4/c1-3-4-5-6-12(2)25-17(22)11-24-16-9-15(21(23)20-16)14-8-7-13(18)10-19-14/h7-10,12,23H,3-6,11H2,1-2H3. The predicted molar refractivity (Wildman–Crippen MR) is 92.8 cm³/mol. The van der Waals surface area contributed by atoms with Crippen LogP contribution in [0.15, 0.2) is 24.4 Å². The zero-order chi connectivity index (χ0) is 18.2. The van der Waals surface area contributed by atoms with Crippen LogP contribution in [0.5, 0.6) is 5.88 Å². The van der Waals surface area contributed by atoms with Gasteiger partial charge in [-0.25, -0.2) is 4.79 Å². The molecule has 0 aliphatic rings. The minimum Gasteiger partial charge on any atom is -0.464 e. The number of hydrogen-bond donors (Lipinski definition) is 1. The van der Waals surface area contributed by atoms with Crippen molar-refractivity contribution < 1.29 is 19.5 Å². The van der Waals surface area contributed by atoms with Crippen molar-refractivity contribution in [3.63, 3.8) is 0 Å². The van der Waals surface area contributed by atoms with Crippen molar-refractivity contribution in [1.29, 1.82) is 0 Å². The molecule has 1 unspecified atom stereocenters. The summed E-state index contributed by atoms with van der Waals surface area (Å²) in [4.78, 5) is 16.5. The smallest absolute Gasteiger partial charge is 0.344 e. The Kier molecular flexibility index (Phi) is 7.06. The number of hydrogen-bond acceptors (Lipinski definition) is 6. The van der Waals surface area contributed by atoms with Crippen LogP contribution in [0, 0.1) is 0 Å². The Labute approximate surface area is 151 Å². The van der Waals surface area contributed by atoms with Gasteiger partial charge in [-0.1, -0.05) is 41.3 Å². The maximum atomic E-state index is 11.8. The van der Waals surface area contributed by atoms with Crippen LogP contribution in [-0.2, 0) is 9.53 Å². The minimum atomic E-state index is -0.470. The van der Waals surface area contributed by atoms with Gasteiger partial charge in [0.15, 0.2) is 6.61 Å². The van der Waals surface area contributed by atoms with Crippen LogP contribution < -0.4 is 4.74 Å². The van der Waals surface area contributed by atoms with Gasteiger partial charge in [0.1, 0.15) is 5.69 Å². The third-order valence-corrected chi connectivity index (χ3v) is 3.77. The molecule has 0 bridgehead atoms. The van der Waals surface area contributed by atoms with Crippen molar-refractivity contribution in [3.05, 3.63) is 29.4 Å². The van der Waals surface area contributed by atoms with E-state index in [4.69, 9.17) is 21.1 Å². The Morgan fingerprint density at radius 2 is 2.20 bits per heavy atom. The van der Waals surface area contributed by atoms with Crippen molar-refractivity contribution in [2.45, 2.75) is 45.6 Å². The van der Waals surface area contributed by atoms with Gasteiger partial charge < -0.3 is 14.7 Å². The monoisotopic (exact) mass is 367 g/mol. The Hall–Kier alpha value is -2.28. The third-order valence-electron chi connectivity index (χ3n) is 3.54. The number of rotatable bonds is 9. The SMILES string of the molecule is CCCCCC(C)OC(=O)COc1cc(-c2ccc(Cl)cn2)n(O)n1. The number of ether oxygens (including phenoxy) is 2. The highest BCUT2D eigenvalue weighted by Gasteiger charge is 2.14. The topological polar surface area (TPSA) is 86.5 Å². The first kappa shape index (κ1) is 19.1. The van der Waals surface area contributed by atoms with Gasteiger partial charge in [-0.3, -0.25) is 4.98 Å². The van der Waals surface area contributed by atoms with E-state index in [0.717, 1.165) is 25.7 Å². The summed E-state index contributed by atoms with van der Waals surface area (Å²) in [5.74, 6) is -0.368. The van der Waals surface area contributed by atoms with Crippen LogP contribution in [0.3, 0.4) is 0 Å². The second-order valence-electron chi connectivity index (χ2n) is 5.70. The highest BCUT2D eigenvalue weighted by atomic mass is 35.5. The third kappa shape index (κ3) is 5.94. The summed E-state index contributed by atoms with van der Waals surface area (Å²) in [5, 5.41) is 14.1. The minimum absolute atomic E-state index is 0.102. The van der Waals surface area contributed by atoms with Crippen LogP contribution >= 0.6 is 11.6 Å². The first-order chi connectivity index (χ1) is 12.0. The number of carbonyl (C=O) groups is 1. The summed E-state index contributed by atoms with van der Waals surface area (Å²) < 4.78 is 10.5. The molecule has 2 rings (SSSR count). The average molecular weight is 368 g/mol. The molecule has 1 N–H and O–H groups in total. The lowest BCUT2D eigenvalue weighted by atomic mass is 10.1. The van der Waals surface area contributed by atoms with E-state index in [9.17, 15) is 10.0 Å². The number of pyridine rings is 1. The first-order valence-corrected chi connectivity index (χ1v) is 8.61. The number of carbonyl (C=O) groups excluding carboxylic acids is 1. The lowest BCUT2D eigenvalue weighted by Crippen LogP contribution is -2.20. The quantitative estimate of drug-likeness (QED) is 0.413. The number of esters is 1. The molecule has 0 aliphatic carbocycles. The van der Waals surface area contributed by atoms with Gasteiger partial charge in [0.25, 0.3) is 0 Å². The van der Waals surface area contributed by atoms with Crippen LogP contribution in [-0.4, -0.2) is 38.8 Å². The van der Waals surface area contributed by atoms with Gasteiger partial charge in [0, 0.05) is 12.3 Å². The van der Waals surface area contributed by atoms with Gasteiger partial charge in [-0.2, -0.15) is 0 Å². The molecular weight excluding hydrogens is 346 g/mol. The Bertz CT molecular complexity index is 688. The number of nitrogens with zero attached hydrogens (tertiary/aromatic N) is 3. The molecule has 8 heteroatoms. The Morgan fingerprint density at radius 1 is 1.40 bits per heavy atom. The summed E-state index contributed by atoms with van der Waals surface area (Å²) in [5.41, 5.74) is 0.800. The molecule has 0 radical (unpaired) electrons. The van der Waals surface area contributed by atoms with Gasteiger partial charge in [-0.05, 0) is 31.9 Å². The van der Waals surface area contributed by atoms with E-state index in [1.165, 1.54) is 12.3 Å². The molecule has 0 aromatic carbocycles. The van der Waals surface area contributed by atoms with Crippen LogP contribution in [0.1, 0.15) is 39.5 Å². The van der Waals surface area contributed by atoms with E-state index in [1.807, 2.05) is 6.92 Å². The van der Waals surface area contributed by atoms with Crippen molar-refractivity contribution in [3.8, 4) is 17.3 Å². The zero-order valence-electron chi connectivity index (χ0n) is 14.3. The average Bonchev–Trinajstić information content (AvgIpc) is 2.95. The molecule has 0 saturated heterocycles. The molecule has 136 valence electrons. The van der Waals surface area contributed by atoms with Crippen LogP contribution in [0.2, 0.25) is 5.02 Å². The van der Waals surface area contributed by atoms with Crippen molar-refractivity contribution >= 4 is 17.6 Å². The lowest BCUT2D eigenvalue weighted by Gasteiger charge is -2.12. The van der Waals surface area contributed by atoms with E-state index in [1.54, 1.807) is 12.1 Å². The fourth-order valence-corrected chi connectivity index (χ4v) is 2.37. The summed E-state index contributed by atoms with van der Waals surface area (Å²) >= 11 is 5.79. The van der Waals surface area contributed by atoms with Gasteiger partial charge in [-0.15, -0.1) is 0 Å². The maximum absolute atomic E-state index is 11.8. The summed E-state index contributed by atoms with van der Waals surface area (Å²) in [6.07, 6.45) is 5.41. The van der Waals surface area contributed by atoms with Crippen LogP contribution in [0.25, 0.3) is 11.4 Å². The van der Waals surface area contributed by atoms with Gasteiger partial charge >= 0.3 is 5.97 Å². The number of aromatic nitrogens is 3. The molecule has 7 nitrogen and oxygen atoms in total. The summed E-state index contributed by atoms with van der Waals surface area (Å²) in [6.45, 7) is 3.71. The molecule has 0 spiro atoms. The predicted octanol–water partition coefficient (Wildman–Crippen LogP) is 3.73. The Morgan fingerprint density at radius 3 is 2.88 bits per heavy atom. The molecule has 0 amide bonds. The highest BCUT2D eigenvalue weighted by Crippen LogP contribution is 2.22. The molecule has 2 heterocycles. The first-order valence-electron chi connectivity index (χ1n) is 8.23. The summed E-state index contributed by atoms with van der Waals surface area (Å²) in [7, 11) is 0. The normalized spacial score (nSPS) is 12.0. The fraction of sp³-hybridized carbons (Fsp3) is 0.471. The van der Waals surface area contributed by atoms with E-state index in [0.29, 0.717) is 21.3 Å². The second kappa shape index (κ2) is 9.27. The highest BCUT2D eigenvalue weighted by molar-refractivity contribution is 6.30. The van der Waals surface area contributed by atoms with E-state index in [-0.39, 0.29) is 18.6 Å². The molecule has 0 saturated carbocycles. The van der Waals surface area contributed by atoms with Crippen molar-refractivity contribution in [1.82, 2.24) is 14.9 Å². The Balaban J connectivity index is 1.86. The molecule has 2 aromatic rings. The molecule has 0 fully saturated rings. The van der Waals surface area contributed by atoms with Gasteiger partial charge in [0.2, 0.25) is 5.88 Å². The van der Waals surface area contributed by atoms with Crippen molar-refractivity contribution in [2.24, 2.45) is 0 Å². The summed E-state index contributed by atoms with van der Waals surface area (Å²) in [6, 6.07) is 4.77. The lowest BCUT2D eigenvalue weighted by molar-refractivity contribution is -0.151. The molecule has 0 aliphatic heterocycles. The zero-order valence-corrected chi connectivity index (χ0v) is 15.1. The van der Waals surface area contributed by atoms with Crippen molar-refractivity contribution in [2.75, 3.05) is 6.61 Å². The second-order valence-corrected chi connectivity index (χ2v) is 6.14. The molecule has 1 atom stereocenters. The molecular formula is C17H22ClN3O4. The number of halogens is 1. The van der Waals surface area contributed by atoms with E-state index >= 15 is 0 Å². The van der Waals surface area contributed by atoms with E-state index in [2.05, 4.69) is 17.0 Å². The van der Waals surface area contributed by atoms with Crippen LogP contribution in [0.4, 0.5) is 0 Å². The molecule has 25 heavy (non-hydrogen) atoms. The maximum Gasteiger partial charge on any atom is 0.344 e. The number of unbranched alkanes of at least 4 members (excludes halogenated alkanes) is 2. The van der Waals surface area contributed by atoms with Gasteiger partial charge in [0.05, 0.1) is 16.8 Å². The largest absolute Gasteiger partial charge is 0.464 e. The van der Waals surface area contributed by atoms with E-state index < -0.39 is 5.97 Å².